The van der Waals surface area contributed by atoms with Crippen LogP contribution in [0.15, 0.2) is 59.6 Å². The molecule has 0 aliphatic carbocycles. The molecule has 1 fully saturated rings. The maximum atomic E-state index is 13.7. The van der Waals surface area contributed by atoms with Gasteiger partial charge in [-0.05, 0) is 43.5 Å². The number of anilines is 1. The molecule has 8 heteroatoms. The Hall–Kier alpha value is -2.36. The molecule has 1 saturated heterocycles. The highest BCUT2D eigenvalue weighted by molar-refractivity contribution is 14.0. The van der Waals surface area contributed by atoms with E-state index < -0.39 is 0 Å². The minimum absolute atomic E-state index is 0. The molecular weight excluding hydrogens is 520 g/mol. The first-order valence-electron chi connectivity index (χ1n) is 10.8. The molecule has 1 aliphatic heterocycles. The molecule has 32 heavy (non-hydrogen) atoms. The number of aliphatic imine (C=N–C) groups is 1. The van der Waals surface area contributed by atoms with Crippen molar-refractivity contribution in [3.8, 4) is 0 Å². The summed E-state index contributed by atoms with van der Waals surface area (Å²) < 4.78 is 13.7. The van der Waals surface area contributed by atoms with Crippen molar-refractivity contribution >= 4 is 41.5 Å². The Balaban J connectivity index is 0.00000363. The van der Waals surface area contributed by atoms with Gasteiger partial charge in [0.2, 0.25) is 5.91 Å². The smallest absolute Gasteiger partial charge is 0.243 e. The van der Waals surface area contributed by atoms with Crippen LogP contribution < -0.4 is 15.5 Å². The molecule has 0 saturated carbocycles. The monoisotopic (exact) mass is 553 g/mol. The molecular formula is C24H33FIN5O. The van der Waals surface area contributed by atoms with Crippen LogP contribution in [0.4, 0.5) is 10.1 Å². The average Bonchev–Trinajstić information content (AvgIpc) is 2.78. The number of hydrogen-bond acceptors (Lipinski definition) is 3. The van der Waals surface area contributed by atoms with E-state index in [-0.39, 0.29) is 54.3 Å². The zero-order valence-electron chi connectivity index (χ0n) is 18.9. The Kier molecular flexibility index (Phi) is 10.2. The molecule has 0 bridgehead atoms. The highest BCUT2D eigenvalue weighted by atomic mass is 127. The lowest BCUT2D eigenvalue weighted by atomic mass is 10.0. The molecule has 2 atom stereocenters. The number of nitrogens with zero attached hydrogens (tertiary/aromatic N) is 3. The van der Waals surface area contributed by atoms with Crippen LogP contribution in [0.1, 0.15) is 31.4 Å². The normalized spacial score (nSPS) is 17.2. The quantitative estimate of drug-likeness (QED) is 0.325. The molecule has 0 spiro atoms. The molecule has 2 aromatic rings. The van der Waals surface area contributed by atoms with Gasteiger partial charge in [0.15, 0.2) is 5.96 Å². The van der Waals surface area contributed by atoms with Crippen molar-refractivity contribution < 1.29 is 9.18 Å². The van der Waals surface area contributed by atoms with E-state index in [9.17, 15) is 9.18 Å². The number of halogens is 2. The maximum Gasteiger partial charge on any atom is 0.243 e. The standard InChI is InChI=1S/C24H32FN5O.HI/c1-18(19-9-5-4-6-10-19)27-24(26-16-23(31)29(2)3)28-21-12-8-14-30(17-21)22-13-7-11-20(25)15-22;/h4-7,9-11,13,15,18,21H,8,12,14,16-17H2,1-3H3,(H2,26,27,28);1H. The second-order valence-electron chi connectivity index (χ2n) is 8.14. The summed E-state index contributed by atoms with van der Waals surface area (Å²) in [5, 5.41) is 6.93. The number of carbonyl (C=O) groups is 1. The second kappa shape index (κ2) is 12.6. The summed E-state index contributed by atoms with van der Waals surface area (Å²) in [6, 6.07) is 17.0. The Morgan fingerprint density at radius 3 is 2.66 bits per heavy atom. The Morgan fingerprint density at radius 2 is 1.97 bits per heavy atom. The van der Waals surface area contributed by atoms with Crippen LogP contribution in [0.2, 0.25) is 0 Å². The summed E-state index contributed by atoms with van der Waals surface area (Å²) >= 11 is 0. The van der Waals surface area contributed by atoms with Gasteiger partial charge in [0.25, 0.3) is 0 Å². The van der Waals surface area contributed by atoms with Gasteiger partial charge in [-0.3, -0.25) is 4.79 Å². The lowest BCUT2D eigenvalue weighted by Gasteiger charge is -2.35. The predicted octanol–water partition coefficient (Wildman–Crippen LogP) is 3.80. The van der Waals surface area contributed by atoms with E-state index in [1.807, 2.05) is 24.3 Å². The predicted molar refractivity (Wildman–Crippen MR) is 139 cm³/mol. The van der Waals surface area contributed by atoms with E-state index >= 15 is 0 Å². The number of likely N-dealkylation sites (N-methyl/N-ethyl adjacent to an activating group) is 1. The van der Waals surface area contributed by atoms with Gasteiger partial charge >= 0.3 is 0 Å². The summed E-state index contributed by atoms with van der Waals surface area (Å²) in [5.41, 5.74) is 2.03. The van der Waals surface area contributed by atoms with Crippen LogP contribution in [0.5, 0.6) is 0 Å². The highest BCUT2D eigenvalue weighted by Crippen LogP contribution is 2.21. The van der Waals surface area contributed by atoms with Crippen LogP contribution in [0.25, 0.3) is 0 Å². The zero-order valence-corrected chi connectivity index (χ0v) is 21.3. The van der Waals surface area contributed by atoms with Crippen molar-refractivity contribution in [3.05, 3.63) is 66.0 Å². The third kappa shape index (κ3) is 7.65. The number of rotatable bonds is 6. The van der Waals surface area contributed by atoms with Crippen LogP contribution in [0, 0.1) is 5.82 Å². The third-order valence-corrected chi connectivity index (χ3v) is 5.46. The van der Waals surface area contributed by atoms with E-state index in [2.05, 4.69) is 39.6 Å². The lowest BCUT2D eigenvalue weighted by molar-refractivity contribution is -0.127. The van der Waals surface area contributed by atoms with Gasteiger partial charge in [-0.15, -0.1) is 24.0 Å². The van der Waals surface area contributed by atoms with E-state index in [0.29, 0.717) is 5.96 Å². The van der Waals surface area contributed by atoms with Gasteiger partial charge in [-0.1, -0.05) is 36.4 Å². The fourth-order valence-corrected chi connectivity index (χ4v) is 3.65. The van der Waals surface area contributed by atoms with Crippen molar-refractivity contribution in [1.82, 2.24) is 15.5 Å². The summed E-state index contributed by atoms with van der Waals surface area (Å²) in [7, 11) is 3.45. The van der Waals surface area contributed by atoms with Crippen LogP contribution in [-0.4, -0.2) is 56.5 Å². The fourth-order valence-electron chi connectivity index (χ4n) is 3.65. The first-order chi connectivity index (χ1) is 14.9. The summed E-state index contributed by atoms with van der Waals surface area (Å²) in [6.07, 6.45) is 1.97. The molecule has 6 nitrogen and oxygen atoms in total. The summed E-state index contributed by atoms with van der Waals surface area (Å²) in [4.78, 5) is 20.3. The molecule has 1 aliphatic rings. The SMILES string of the molecule is CC(NC(=NCC(=O)N(C)C)NC1CCCN(c2cccc(F)c2)C1)c1ccccc1.I. The van der Waals surface area contributed by atoms with Crippen molar-refractivity contribution in [2.24, 2.45) is 4.99 Å². The number of hydrogen-bond donors (Lipinski definition) is 2. The first-order valence-corrected chi connectivity index (χ1v) is 10.8. The molecule has 0 aromatic heterocycles. The first kappa shape index (κ1) is 25.9. The summed E-state index contributed by atoms with van der Waals surface area (Å²) in [5.74, 6) is 0.325. The molecule has 174 valence electrons. The Morgan fingerprint density at radius 1 is 1.22 bits per heavy atom. The van der Waals surface area contributed by atoms with E-state index in [1.165, 1.54) is 11.0 Å². The van der Waals surface area contributed by atoms with E-state index in [1.54, 1.807) is 26.2 Å². The van der Waals surface area contributed by atoms with Gasteiger partial charge in [-0.2, -0.15) is 0 Å². The lowest BCUT2D eigenvalue weighted by Crippen LogP contribution is -2.52. The molecule has 2 aromatic carbocycles. The van der Waals surface area contributed by atoms with Gasteiger partial charge < -0.3 is 20.4 Å². The molecule has 0 radical (unpaired) electrons. The average molecular weight is 553 g/mol. The maximum absolute atomic E-state index is 13.7. The minimum atomic E-state index is -0.226. The van der Waals surface area contributed by atoms with E-state index in [4.69, 9.17) is 0 Å². The van der Waals surface area contributed by atoms with Gasteiger partial charge in [0, 0.05) is 38.9 Å². The Bertz CT molecular complexity index is 893. The van der Waals surface area contributed by atoms with Crippen LogP contribution in [-0.2, 0) is 4.79 Å². The minimum Gasteiger partial charge on any atom is -0.369 e. The van der Waals surface area contributed by atoms with Gasteiger partial charge in [0.05, 0.1) is 6.04 Å². The summed E-state index contributed by atoms with van der Waals surface area (Å²) in [6.45, 7) is 3.77. The molecule has 1 heterocycles. The number of carbonyl (C=O) groups excluding carboxylic acids is 1. The highest BCUT2D eigenvalue weighted by Gasteiger charge is 2.22. The molecule has 2 unspecified atom stereocenters. The third-order valence-electron chi connectivity index (χ3n) is 5.46. The Labute approximate surface area is 207 Å². The largest absolute Gasteiger partial charge is 0.369 e. The fraction of sp³-hybridized carbons (Fsp3) is 0.417. The molecule has 2 N–H and O–H groups in total. The van der Waals surface area contributed by atoms with Crippen molar-refractivity contribution in [2.75, 3.05) is 38.6 Å². The molecule has 1 amide bonds. The van der Waals surface area contributed by atoms with Crippen LogP contribution >= 0.6 is 24.0 Å². The number of benzene rings is 2. The van der Waals surface area contributed by atoms with Crippen molar-refractivity contribution in [2.45, 2.75) is 31.8 Å². The second-order valence-corrected chi connectivity index (χ2v) is 8.14. The number of piperidine rings is 1. The van der Waals surface area contributed by atoms with Crippen molar-refractivity contribution in [3.63, 3.8) is 0 Å². The van der Waals surface area contributed by atoms with Gasteiger partial charge in [0.1, 0.15) is 12.4 Å². The zero-order chi connectivity index (χ0) is 22.2. The number of amides is 1. The number of guanidine groups is 1. The van der Waals surface area contributed by atoms with Crippen molar-refractivity contribution in [1.29, 1.82) is 0 Å². The molecule has 3 rings (SSSR count). The van der Waals surface area contributed by atoms with Crippen LogP contribution in [0.3, 0.4) is 0 Å². The number of nitrogens with one attached hydrogen (secondary N) is 2. The van der Waals surface area contributed by atoms with E-state index in [0.717, 1.165) is 37.2 Å². The van der Waals surface area contributed by atoms with Gasteiger partial charge in [-0.25, -0.2) is 9.38 Å². The topological polar surface area (TPSA) is 60.0 Å².